The predicted molar refractivity (Wildman–Crippen MR) is 73.1 cm³/mol. The molecular weight excluding hydrogens is 339 g/mol. The topological polar surface area (TPSA) is 30.3 Å². The smallest absolute Gasteiger partial charge is 0.247 e. The number of nitrogens with one attached hydrogen (secondary N) is 1. The van der Waals surface area contributed by atoms with Crippen molar-refractivity contribution >= 4 is 40.6 Å². The van der Waals surface area contributed by atoms with Gasteiger partial charge in [0.2, 0.25) is 3.79 Å². The Morgan fingerprint density at radius 2 is 1.56 bits per heavy atom. The van der Waals surface area contributed by atoms with Crippen LogP contribution in [0, 0.1) is 5.41 Å². The fraction of sp³-hybridized carbons (Fsp3) is 0.900. The van der Waals surface area contributed by atoms with Crippen molar-refractivity contribution in [2.24, 2.45) is 0 Å². The normalized spacial score (nSPS) is 10.6. The van der Waals surface area contributed by atoms with E-state index >= 15 is 0 Å². The van der Waals surface area contributed by atoms with E-state index in [4.69, 9.17) is 40.2 Å². The SMILES string of the molecule is CCCN(CCCN(C)C)C(=N)C(Cl)(Cl)Cl.[Cl-].[Cl-]. The lowest BCUT2D eigenvalue weighted by Gasteiger charge is -2.28. The molecule has 0 fully saturated rings. The van der Waals surface area contributed by atoms with Crippen molar-refractivity contribution in [1.29, 1.82) is 5.41 Å². The molecule has 8 heteroatoms. The lowest BCUT2D eigenvalue weighted by atomic mass is 10.3. The van der Waals surface area contributed by atoms with Crippen LogP contribution in [0.15, 0.2) is 0 Å². The molecule has 0 unspecified atom stereocenters. The molecule has 0 saturated carbocycles. The Morgan fingerprint density at radius 3 is 1.89 bits per heavy atom. The van der Waals surface area contributed by atoms with Crippen LogP contribution in [0.3, 0.4) is 0 Å². The van der Waals surface area contributed by atoms with Crippen LogP contribution in [0.5, 0.6) is 0 Å². The lowest BCUT2D eigenvalue weighted by molar-refractivity contribution is -0.00100. The van der Waals surface area contributed by atoms with Crippen LogP contribution in [0.2, 0.25) is 0 Å². The minimum atomic E-state index is -1.62. The highest BCUT2D eigenvalue weighted by Gasteiger charge is 2.30. The first-order chi connectivity index (χ1) is 7.29. The molecule has 0 aliphatic heterocycles. The highest BCUT2D eigenvalue weighted by Crippen LogP contribution is 2.28. The first-order valence-corrected chi connectivity index (χ1v) is 6.47. The van der Waals surface area contributed by atoms with Crippen LogP contribution in [-0.2, 0) is 0 Å². The largest absolute Gasteiger partial charge is 1.00 e. The number of alkyl halides is 3. The van der Waals surface area contributed by atoms with Crippen LogP contribution in [0.1, 0.15) is 19.8 Å². The number of rotatable bonds is 6. The van der Waals surface area contributed by atoms with Crippen LogP contribution < -0.4 is 24.8 Å². The zero-order chi connectivity index (χ0) is 12.8. The van der Waals surface area contributed by atoms with Crippen molar-refractivity contribution in [3.05, 3.63) is 0 Å². The Bertz CT molecular complexity index is 218. The van der Waals surface area contributed by atoms with Gasteiger partial charge in [0, 0.05) is 13.1 Å². The first kappa shape index (κ1) is 23.9. The third kappa shape index (κ3) is 10.8. The second-order valence-electron chi connectivity index (χ2n) is 3.99. The van der Waals surface area contributed by atoms with Gasteiger partial charge in [-0.2, -0.15) is 0 Å². The summed E-state index contributed by atoms with van der Waals surface area (Å²) in [5.74, 6) is 0.0677. The quantitative estimate of drug-likeness (QED) is 0.311. The molecule has 0 radical (unpaired) electrons. The summed E-state index contributed by atoms with van der Waals surface area (Å²) in [7, 11) is 4.04. The molecule has 0 aliphatic rings. The molecule has 0 heterocycles. The van der Waals surface area contributed by atoms with E-state index in [0.29, 0.717) is 0 Å². The number of hydrogen-bond acceptors (Lipinski definition) is 2. The lowest BCUT2D eigenvalue weighted by Crippen LogP contribution is -3.00. The molecule has 0 aromatic carbocycles. The van der Waals surface area contributed by atoms with Gasteiger partial charge in [-0.05, 0) is 33.5 Å². The van der Waals surface area contributed by atoms with E-state index in [-0.39, 0.29) is 30.6 Å². The molecule has 0 aliphatic carbocycles. The fourth-order valence-electron chi connectivity index (χ4n) is 1.36. The molecule has 0 aromatic heterocycles. The maximum Gasteiger partial charge on any atom is 0.247 e. The summed E-state index contributed by atoms with van der Waals surface area (Å²) in [5.41, 5.74) is 0. The van der Waals surface area contributed by atoms with Crippen molar-refractivity contribution < 1.29 is 24.8 Å². The van der Waals surface area contributed by atoms with Gasteiger partial charge >= 0.3 is 0 Å². The van der Waals surface area contributed by atoms with E-state index in [0.717, 1.165) is 32.5 Å². The summed E-state index contributed by atoms with van der Waals surface area (Å²) in [6.45, 7) is 4.51. The summed E-state index contributed by atoms with van der Waals surface area (Å²) >= 11 is 17.1. The summed E-state index contributed by atoms with van der Waals surface area (Å²) in [6, 6.07) is 0. The summed E-state index contributed by atoms with van der Waals surface area (Å²) in [4.78, 5) is 3.93. The third-order valence-electron chi connectivity index (χ3n) is 2.11. The minimum absolute atomic E-state index is 0. The van der Waals surface area contributed by atoms with Crippen LogP contribution in [0.4, 0.5) is 0 Å². The Morgan fingerprint density at radius 1 is 1.06 bits per heavy atom. The zero-order valence-electron chi connectivity index (χ0n) is 10.8. The monoisotopic (exact) mass is 357 g/mol. The number of nitrogens with zero attached hydrogens (tertiary/aromatic N) is 2. The number of hydrogen-bond donors (Lipinski definition) is 1. The molecule has 3 nitrogen and oxygen atoms in total. The average molecular weight is 360 g/mol. The summed E-state index contributed by atoms with van der Waals surface area (Å²) in [5, 5.41) is 7.80. The molecule has 0 spiro atoms. The van der Waals surface area contributed by atoms with Gasteiger partial charge in [0.1, 0.15) is 5.84 Å². The molecule has 1 N–H and O–H groups in total. The van der Waals surface area contributed by atoms with Crippen LogP contribution >= 0.6 is 34.8 Å². The molecule has 0 atom stereocenters. The fourth-order valence-corrected chi connectivity index (χ4v) is 1.72. The molecular formula is C10H20Cl5N3-2. The van der Waals surface area contributed by atoms with Gasteiger partial charge in [0.15, 0.2) is 0 Å². The Labute approximate surface area is 137 Å². The molecule has 0 rings (SSSR count). The van der Waals surface area contributed by atoms with Crippen LogP contribution in [-0.4, -0.2) is 53.2 Å². The Balaban J connectivity index is -0.00000112. The second-order valence-corrected chi connectivity index (χ2v) is 6.27. The van der Waals surface area contributed by atoms with E-state index in [2.05, 4.69) is 4.90 Å². The number of amidine groups is 1. The minimum Gasteiger partial charge on any atom is -1.00 e. The first-order valence-electron chi connectivity index (χ1n) is 5.34. The van der Waals surface area contributed by atoms with Gasteiger partial charge in [-0.3, -0.25) is 5.41 Å². The van der Waals surface area contributed by atoms with Gasteiger partial charge in [0.25, 0.3) is 0 Å². The van der Waals surface area contributed by atoms with E-state index < -0.39 is 3.79 Å². The van der Waals surface area contributed by atoms with Gasteiger partial charge in [0.05, 0.1) is 0 Å². The number of halogens is 5. The highest BCUT2D eigenvalue weighted by molar-refractivity contribution is 6.76. The van der Waals surface area contributed by atoms with Gasteiger partial charge in [-0.1, -0.05) is 41.7 Å². The molecule has 112 valence electrons. The maximum atomic E-state index is 7.80. The predicted octanol–water partition coefficient (Wildman–Crippen LogP) is -2.99. The van der Waals surface area contributed by atoms with Gasteiger partial charge < -0.3 is 34.6 Å². The van der Waals surface area contributed by atoms with Crippen molar-refractivity contribution in [1.82, 2.24) is 9.80 Å². The maximum absolute atomic E-state index is 7.80. The van der Waals surface area contributed by atoms with E-state index in [1.54, 1.807) is 0 Å². The molecule has 0 amide bonds. The standard InChI is InChI=1S/C10H20Cl3N3.2ClH/c1-4-6-16(8-5-7-15(2)3)9(14)10(11,12)13;;/h14H,4-8H2,1-3H3;2*1H/p-2. The summed E-state index contributed by atoms with van der Waals surface area (Å²) < 4.78 is -1.62. The van der Waals surface area contributed by atoms with Gasteiger partial charge in [-0.15, -0.1) is 0 Å². The average Bonchev–Trinajstić information content (AvgIpc) is 2.13. The summed E-state index contributed by atoms with van der Waals surface area (Å²) in [6.07, 6.45) is 1.89. The van der Waals surface area contributed by atoms with Crippen LogP contribution in [0.25, 0.3) is 0 Å². The third-order valence-corrected chi connectivity index (χ3v) is 2.65. The van der Waals surface area contributed by atoms with E-state index in [9.17, 15) is 0 Å². The molecule has 0 aromatic rings. The molecule has 0 bridgehead atoms. The Kier molecular flexibility index (Phi) is 15.5. The molecule has 18 heavy (non-hydrogen) atoms. The van der Waals surface area contributed by atoms with Crippen molar-refractivity contribution in [2.75, 3.05) is 33.7 Å². The van der Waals surface area contributed by atoms with Crippen molar-refractivity contribution in [3.8, 4) is 0 Å². The highest BCUT2D eigenvalue weighted by atomic mass is 35.6. The zero-order valence-corrected chi connectivity index (χ0v) is 14.6. The Hall–Kier alpha value is 0.880. The van der Waals surface area contributed by atoms with Crippen molar-refractivity contribution in [3.63, 3.8) is 0 Å². The second kappa shape index (κ2) is 11.7. The molecule has 0 saturated heterocycles. The van der Waals surface area contributed by atoms with Gasteiger partial charge in [-0.25, -0.2) is 0 Å². The van der Waals surface area contributed by atoms with E-state index in [1.165, 1.54) is 0 Å². The van der Waals surface area contributed by atoms with Crippen molar-refractivity contribution in [2.45, 2.75) is 23.6 Å². The van der Waals surface area contributed by atoms with E-state index in [1.807, 2.05) is 25.9 Å².